The molecule has 148 valence electrons. The highest BCUT2D eigenvalue weighted by Gasteiger charge is 2.39. The molecule has 7 heteroatoms. The Kier molecular flexibility index (Phi) is 8.95. The molecule has 0 saturated carbocycles. The number of amides is 1. The summed E-state index contributed by atoms with van der Waals surface area (Å²) in [5.74, 6) is 0.120. The summed E-state index contributed by atoms with van der Waals surface area (Å²) in [6, 6.07) is 11.1. The highest BCUT2D eigenvalue weighted by atomic mass is 28.5. The van der Waals surface area contributed by atoms with Crippen LogP contribution in [0.5, 0.6) is 0 Å². The predicted octanol–water partition coefficient (Wildman–Crippen LogP) is 4.90. The van der Waals surface area contributed by atoms with Gasteiger partial charge in [0.05, 0.1) is 0 Å². The number of aryl methyl sites for hydroxylation is 1. The molecule has 0 saturated heterocycles. The van der Waals surface area contributed by atoms with E-state index in [2.05, 4.69) is 63.3 Å². The molecule has 1 aromatic rings. The molecule has 0 unspecified atom stereocenters. The van der Waals surface area contributed by atoms with Crippen LogP contribution in [0.3, 0.4) is 0 Å². The van der Waals surface area contributed by atoms with Crippen molar-refractivity contribution in [2.24, 2.45) is 0 Å². The normalized spacial score (nSPS) is 12.9. The Morgan fingerprint density at radius 2 is 1.46 bits per heavy atom. The number of hydrogen-bond acceptors (Lipinski definition) is 3. The minimum atomic E-state index is -2.19. The largest absolute Gasteiger partial charge is 0.437 e. The van der Waals surface area contributed by atoms with E-state index in [4.69, 9.17) is 8.23 Å². The first kappa shape index (κ1) is 23.3. The third-order valence-corrected chi connectivity index (χ3v) is 13.3. The van der Waals surface area contributed by atoms with E-state index in [0.717, 1.165) is 18.9 Å². The summed E-state index contributed by atoms with van der Waals surface area (Å²) in [6.07, 6.45) is 2.24. The minimum absolute atomic E-state index is 0.120. The number of nitrogens with one attached hydrogen (secondary N) is 1. The smallest absolute Gasteiger partial charge is 0.314 e. The van der Waals surface area contributed by atoms with Crippen LogP contribution in [0.2, 0.25) is 51.9 Å². The van der Waals surface area contributed by atoms with E-state index in [1.54, 1.807) is 0 Å². The van der Waals surface area contributed by atoms with E-state index in [1.165, 1.54) is 5.56 Å². The van der Waals surface area contributed by atoms with Gasteiger partial charge in [-0.2, -0.15) is 0 Å². The maximum absolute atomic E-state index is 12.0. The van der Waals surface area contributed by atoms with Crippen LogP contribution in [0, 0.1) is 0 Å². The molecule has 1 amide bonds. The molecule has 0 aliphatic rings. The first-order valence-electron chi connectivity index (χ1n) is 9.60. The molecule has 4 nitrogen and oxygen atoms in total. The number of carbonyl (C=O) groups excluding carboxylic acids is 1. The summed E-state index contributed by atoms with van der Waals surface area (Å²) < 4.78 is 13.0. The Hall–Kier alpha value is -0.739. The van der Waals surface area contributed by atoms with E-state index in [0.29, 0.717) is 13.0 Å². The van der Waals surface area contributed by atoms with Gasteiger partial charge in [0.15, 0.2) is 16.6 Å². The van der Waals surface area contributed by atoms with E-state index in [9.17, 15) is 4.79 Å². The van der Waals surface area contributed by atoms with Crippen molar-refractivity contribution in [3.05, 3.63) is 35.9 Å². The standard InChI is InChI=1S/C19H37NO3Si3/c1-24(2,3)22-26(7,23-25(4,5)6)17-11-16-20-19(21)15-14-18-12-9-8-10-13-18/h8-10,12-13H,11,14-17H2,1-7H3,(H,20,21). The Balaban J connectivity index is 2.40. The molecule has 0 spiro atoms. The van der Waals surface area contributed by atoms with Crippen LogP contribution in [0.15, 0.2) is 30.3 Å². The lowest BCUT2D eigenvalue weighted by Gasteiger charge is -2.38. The van der Waals surface area contributed by atoms with Crippen LogP contribution in [0.25, 0.3) is 0 Å². The fourth-order valence-corrected chi connectivity index (χ4v) is 15.6. The highest BCUT2D eigenvalue weighted by Crippen LogP contribution is 2.25. The Bertz CT molecular complexity index is 537. The average Bonchev–Trinajstić information content (AvgIpc) is 2.47. The van der Waals surface area contributed by atoms with E-state index in [1.807, 2.05) is 18.2 Å². The second-order valence-corrected chi connectivity index (χ2v) is 21.9. The maximum atomic E-state index is 12.0. The number of rotatable bonds is 11. The van der Waals surface area contributed by atoms with Gasteiger partial charge in [-0.1, -0.05) is 30.3 Å². The zero-order valence-electron chi connectivity index (χ0n) is 17.6. The van der Waals surface area contributed by atoms with Gasteiger partial charge >= 0.3 is 8.56 Å². The minimum Gasteiger partial charge on any atom is -0.437 e. The molecule has 0 bridgehead atoms. The summed E-state index contributed by atoms with van der Waals surface area (Å²) in [7, 11) is -5.50. The molecule has 26 heavy (non-hydrogen) atoms. The molecule has 0 aromatic heterocycles. The van der Waals surface area contributed by atoms with Crippen molar-refractivity contribution in [1.29, 1.82) is 0 Å². The summed E-state index contributed by atoms with van der Waals surface area (Å²) in [5, 5.41) is 3.05. The van der Waals surface area contributed by atoms with Gasteiger partial charge in [0, 0.05) is 13.0 Å². The van der Waals surface area contributed by atoms with Crippen molar-refractivity contribution in [3.8, 4) is 0 Å². The predicted molar refractivity (Wildman–Crippen MR) is 118 cm³/mol. The molecule has 0 atom stereocenters. The topological polar surface area (TPSA) is 47.6 Å². The number of hydrogen-bond donors (Lipinski definition) is 1. The van der Waals surface area contributed by atoms with Gasteiger partial charge in [-0.15, -0.1) is 0 Å². The molecule has 0 radical (unpaired) electrons. The molecular formula is C19H37NO3Si3. The van der Waals surface area contributed by atoms with E-state index < -0.39 is 25.2 Å². The summed E-state index contributed by atoms with van der Waals surface area (Å²) in [6.45, 7) is 16.2. The third-order valence-electron chi connectivity index (χ3n) is 3.66. The lowest BCUT2D eigenvalue weighted by atomic mass is 10.1. The van der Waals surface area contributed by atoms with E-state index >= 15 is 0 Å². The SMILES string of the molecule is C[Si](C)(C)O[Si](C)(CCCNC(=O)CCc1ccccc1)O[Si](C)(C)C. The van der Waals surface area contributed by atoms with Gasteiger partial charge in [0.1, 0.15) is 0 Å². The zero-order valence-corrected chi connectivity index (χ0v) is 20.6. The lowest BCUT2D eigenvalue weighted by Crippen LogP contribution is -2.52. The van der Waals surface area contributed by atoms with Gasteiger partial charge in [-0.05, 0) is 70.3 Å². The monoisotopic (exact) mass is 411 g/mol. The number of benzene rings is 1. The third kappa shape index (κ3) is 11.1. The van der Waals surface area contributed by atoms with Crippen LogP contribution in [-0.2, 0) is 19.4 Å². The molecule has 0 heterocycles. The van der Waals surface area contributed by atoms with Crippen molar-refractivity contribution < 1.29 is 13.0 Å². The molecule has 1 rings (SSSR count). The summed E-state index contributed by atoms with van der Waals surface area (Å²) in [4.78, 5) is 12.0. The van der Waals surface area contributed by atoms with Crippen molar-refractivity contribution in [1.82, 2.24) is 5.32 Å². The van der Waals surface area contributed by atoms with Gasteiger partial charge < -0.3 is 13.5 Å². The van der Waals surface area contributed by atoms with Crippen LogP contribution < -0.4 is 5.32 Å². The van der Waals surface area contributed by atoms with Crippen LogP contribution in [-0.4, -0.2) is 37.6 Å². The quantitative estimate of drug-likeness (QED) is 0.416. The van der Waals surface area contributed by atoms with Crippen LogP contribution >= 0.6 is 0 Å². The molecular weight excluding hydrogens is 374 g/mol. The molecule has 0 aliphatic carbocycles. The lowest BCUT2D eigenvalue weighted by molar-refractivity contribution is -0.121. The molecule has 0 aliphatic heterocycles. The van der Waals surface area contributed by atoms with Gasteiger partial charge in [-0.25, -0.2) is 0 Å². The van der Waals surface area contributed by atoms with Crippen LogP contribution in [0.1, 0.15) is 18.4 Å². The van der Waals surface area contributed by atoms with Crippen molar-refractivity contribution in [3.63, 3.8) is 0 Å². The highest BCUT2D eigenvalue weighted by molar-refractivity contribution is 6.87. The van der Waals surface area contributed by atoms with Crippen molar-refractivity contribution >= 4 is 31.1 Å². The summed E-state index contributed by atoms with van der Waals surface area (Å²) >= 11 is 0. The van der Waals surface area contributed by atoms with Crippen molar-refractivity contribution in [2.75, 3.05) is 6.54 Å². The van der Waals surface area contributed by atoms with E-state index in [-0.39, 0.29) is 5.91 Å². The Labute approximate surface area is 163 Å². The molecule has 0 fully saturated rings. The summed E-state index contributed by atoms with van der Waals surface area (Å²) in [5.41, 5.74) is 1.20. The van der Waals surface area contributed by atoms with Gasteiger partial charge in [-0.3, -0.25) is 4.79 Å². The molecule has 1 aromatic carbocycles. The fourth-order valence-electron chi connectivity index (χ4n) is 3.05. The Morgan fingerprint density at radius 1 is 0.923 bits per heavy atom. The van der Waals surface area contributed by atoms with Crippen LogP contribution in [0.4, 0.5) is 0 Å². The average molecular weight is 412 g/mol. The second kappa shape index (κ2) is 9.98. The van der Waals surface area contributed by atoms with Gasteiger partial charge in [0.25, 0.3) is 0 Å². The van der Waals surface area contributed by atoms with Crippen molar-refractivity contribution in [2.45, 2.75) is 71.1 Å². The first-order valence-corrected chi connectivity index (χ1v) is 18.9. The first-order chi connectivity index (χ1) is 11.9. The molecule has 1 N–H and O–H groups in total. The second-order valence-electron chi connectivity index (χ2n) is 9.00. The zero-order chi connectivity index (χ0) is 19.8. The number of carbonyl (C=O) groups is 1. The van der Waals surface area contributed by atoms with Gasteiger partial charge in [0.2, 0.25) is 5.91 Å². The Morgan fingerprint density at radius 3 is 1.96 bits per heavy atom. The maximum Gasteiger partial charge on any atom is 0.314 e. The fraction of sp³-hybridized carbons (Fsp3) is 0.632.